The maximum absolute atomic E-state index is 12.5. The van der Waals surface area contributed by atoms with Crippen molar-refractivity contribution in [1.82, 2.24) is 0 Å². The van der Waals surface area contributed by atoms with E-state index in [0.29, 0.717) is 5.56 Å². The molecule has 0 saturated carbocycles. The Hall–Kier alpha value is -1.36. The van der Waals surface area contributed by atoms with E-state index in [-0.39, 0.29) is 18.8 Å². The Labute approximate surface area is 91.0 Å². The summed E-state index contributed by atoms with van der Waals surface area (Å²) in [5, 5.41) is 0. The topological polar surface area (TPSA) is 26.3 Å². The lowest BCUT2D eigenvalue weighted by Gasteiger charge is -2.03. The molecule has 0 spiro atoms. The molecule has 1 aromatic rings. The van der Waals surface area contributed by atoms with Crippen molar-refractivity contribution in [1.29, 1.82) is 0 Å². The Balaban J connectivity index is 2.32. The molecule has 0 unspecified atom stereocenters. The van der Waals surface area contributed by atoms with Gasteiger partial charge in [0.25, 0.3) is 6.43 Å². The lowest BCUT2D eigenvalue weighted by Crippen LogP contribution is -2.09. The van der Waals surface area contributed by atoms with Crippen LogP contribution in [0.3, 0.4) is 0 Å². The van der Waals surface area contributed by atoms with Crippen LogP contribution in [0.4, 0.5) is 13.2 Å². The molecule has 0 aliphatic rings. The third-order valence-corrected chi connectivity index (χ3v) is 1.88. The summed E-state index contributed by atoms with van der Waals surface area (Å²) in [6.45, 7) is -0.725. The van der Waals surface area contributed by atoms with Crippen LogP contribution in [0, 0.1) is 5.82 Å². The Morgan fingerprint density at radius 1 is 1.25 bits per heavy atom. The second-order valence-corrected chi connectivity index (χ2v) is 3.15. The highest BCUT2D eigenvalue weighted by molar-refractivity contribution is 5.96. The van der Waals surface area contributed by atoms with Crippen molar-refractivity contribution in [2.24, 2.45) is 0 Å². The zero-order valence-corrected chi connectivity index (χ0v) is 8.46. The summed E-state index contributed by atoms with van der Waals surface area (Å²) >= 11 is 0. The summed E-state index contributed by atoms with van der Waals surface area (Å²) in [6, 6.07) is 5.05. The van der Waals surface area contributed by atoms with Crippen LogP contribution < -0.4 is 0 Å². The molecular formula is C11H11F3O2. The van der Waals surface area contributed by atoms with Gasteiger partial charge in [0.1, 0.15) is 12.4 Å². The van der Waals surface area contributed by atoms with Crippen LogP contribution in [0.1, 0.15) is 16.8 Å². The van der Waals surface area contributed by atoms with Crippen molar-refractivity contribution in [3.8, 4) is 0 Å². The number of Topliss-reactive ketones (excluding diaryl/α,β-unsaturated/α-hetero) is 1. The number of rotatable bonds is 6. The van der Waals surface area contributed by atoms with Gasteiger partial charge in [0.2, 0.25) is 0 Å². The van der Waals surface area contributed by atoms with Gasteiger partial charge in [-0.15, -0.1) is 0 Å². The normalized spacial score (nSPS) is 10.8. The molecule has 0 aliphatic carbocycles. The van der Waals surface area contributed by atoms with Crippen LogP contribution in [-0.2, 0) is 4.74 Å². The monoisotopic (exact) mass is 232 g/mol. The predicted octanol–water partition coefficient (Wildman–Crippen LogP) is 2.68. The van der Waals surface area contributed by atoms with E-state index < -0.39 is 18.8 Å². The van der Waals surface area contributed by atoms with Crippen molar-refractivity contribution < 1.29 is 22.7 Å². The number of benzene rings is 1. The largest absolute Gasteiger partial charge is 0.375 e. The van der Waals surface area contributed by atoms with Gasteiger partial charge in [-0.25, -0.2) is 13.2 Å². The van der Waals surface area contributed by atoms with Gasteiger partial charge in [0.15, 0.2) is 5.78 Å². The first-order valence-corrected chi connectivity index (χ1v) is 4.74. The summed E-state index contributed by atoms with van der Waals surface area (Å²) in [7, 11) is 0. The molecule has 0 atom stereocenters. The molecule has 0 radical (unpaired) electrons. The summed E-state index contributed by atoms with van der Waals surface area (Å²) in [6.07, 6.45) is -2.51. The van der Waals surface area contributed by atoms with Crippen molar-refractivity contribution in [3.05, 3.63) is 35.6 Å². The van der Waals surface area contributed by atoms with E-state index >= 15 is 0 Å². The number of carbonyl (C=O) groups excluding carboxylic acids is 1. The second kappa shape index (κ2) is 6.27. The van der Waals surface area contributed by atoms with Gasteiger partial charge in [0, 0.05) is 12.0 Å². The zero-order valence-electron chi connectivity index (χ0n) is 8.46. The maximum atomic E-state index is 12.5. The summed E-state index contributed by atoms with van der Waals surface area (Å²) in [5.41, 5.74) is 0.349. The van der Waals surface area contributed by atoms with Crippen molar-refractivity contribution in [3.63, 3.8) is 0 Å². The quantitative estimate of drug-likeness (QED) is 0.556. The zero-order chi connectivity index (χ0) is 12.0. The summed E-state index contributed by atoms with van der Waals surface area (Å²) < 4.78 is 40.4. The number of carbonyl (C=O) groups is 1. The molecule has 1 aromatic carbocycles. The number of ether oxygens (including phenoxy) is 1. The molecule has 1 rings (SSSR count). The van der Waals surface area contributed by atoms with Crippen LogP contribution >= 0.6 is 0 Å². The van der Waals surface area contributed by atoms with Gasteiger partial charge in [0.05, 0.1) is 6.61 Å². The highest BCUT2D eigenvalue weighted by Crippen LogP contribution is 2.06. The van der Waals surface area contributed by atoms with Gasteiger partial charge in [-0.3, -0.25) is 4.79 Å². The van der Waals surface area contributed by atoms with Gasteiger partial charge in [-0.05, 0) is 24.3 Å². The molecule has 0 amide bonds. The van der Waals surface area contributed by atoms with E-state index in [2.05, 4.69) is 4.74 Å². The Morgan fingerprint density at radius 2 is 1.88 bits per heavy atom. The lowest BCUT2D eigenvalue weighted by molar-refractivity contribution is 0.0170. The molecule has 0 aromatic heterocycles. The minimum atomic E-state index is -2.53. The van der Waals surface area contributed by atoms with Crippen LogP contribution in [0.15, 0.2) is 24.3 Å². The van der Waals surface area contributed by atoms with Gasteiger partial charge in [-0.1, -0.05) is 0 Å². The van der Waals surface area contributed by atoms with Crippen LogP contribution in [0.2, 0.25) is 0 Å². The number of hydrogen-bond acceptors (Lipinski definition) is 2. The SMILES string of the molecule is O=C(CCOCC(F)F)c1ccc(F)cc1. The third-order valence-electron chi connectivity index (χ3n) is 1.88. The van der Waals surface area contributed by atoms with Gasteiger partial charge >= 0.3 is 0 Å². The fraction of sp³-hybridized carbons (Fsp3) is 0.364. The van der Waals surface area contributed by atoms with E-state index in [4.69, 9.17) is 0 Å². The fourth-order valence-electron chi connectivity index (χ4n) is 1.12. The molecule has 0 aliphatic heterocycles. The molecule has 0 saturated heterocycles. The molecule has 0 bridgehead atoms. The first kappa shape index (κ1) is 12.7. The summed E-state index contributed by atoms with van der Waals surface area (Å²) in [4.78, 5) is 11.4. The third kappa shape index (κ3) is 4.44. The first-order chi connectivity index (χ1) is 7.59. The Morgan fingerprint density at radius 3 is 2.44 bits per heavy atom. The van der Waals surface area contributed by atoms with Crippen molar-refractivity contribution >= 4 is 5.78 Å². The standard InChI is InChI=1S/C11H11F3O2/c12-9-3-1-8(2-4-9)10(15)5-6-16-7-11(13)14/h1-4,11H,5-7H2. The number of alkyl halides is 2. The van der Waals surface area contributed by atoms with Gasteiger partial charge < -0.3 is 4.74 Å². The molecule has 88 valence electrons. The minimum absolute atomic E-state index is 0.0123. The molecule has 0 heterocycles. The average molecular weight is 232 g/mol. The molecule has 16 heavy (non-hydrogen) atoms. The highest BCUT2D eigenvalue weighted by atomic mass is 19.3. The van der Waals surface area contributed by atoms with Gasteiger partial charge in [-0.2, -0.15) is 0 Å². The van der Waals surface area contributed by atoms with Crippen molar-refractivity contribution in [2.75, 3.05) is 13.2 Å². The first-order valence-electron chi connectivity index (χ1n) is 4.74. The minimum Gasteiger partial charge on any atom is -0.375 e. The lowest BCUT2D eigenvalue weighted by atomic mass is 10.1. The predicted molar refractivity (Wildman–Crippen MR) is 52.2 cm³/mol. The smallest absolute Gasteiger partial charge is 0.261 e. The fourth-order valence-corrected chi connectivity index (χ4v) is 1.12. The molecule has 0 fully saturated rings. The van der Waals surface area contributed by atoms with E-state index in [1.807, 2.05) is 0 Å². The maximum Gasteiger partial charge on any atom is 0.261 e. The molecular weight excluding hydrogens is 221 g/mol. The molecule has 0 N–H and O–H groups in total. The van der Waals surface area contributed by atoms with E-state index in [9.17, 15) is 18.0 Å². The van der Waals surface area contributed by atoms with Crippen LogP contribution in [0.5, 0.6) is 0 Å². The Kier molecular flexibility index (Phi) is 4.98. The molecule has 5 heteroatoms. The second-order valence-electron chi connectivity index (χ2n) is 3.15. The van der Waals surface area contributed by atoms with E-state index in [1.165, 1.54) is 24.3 Å². The number of ketones is 1. The van der Waals surface area contributed by atoms with E-state index in [0.717, 1.165) is 0 Å². The Bertz CT molecular complexity index is 336. The number of hydrogen-bond donors (Lipinski definition) is 0. The average Bonchev–Trinajstić information content (AvgIpc) is 2.25. The summed E-state index contributed by atoms with van der Waals surface area (Å²) in [5.74, 6) is -0.681. The van der Waals surface area contributed by atoms with E-state index in [1.54, 1.807) is 0 Å². The van der Waals surface area contributed by atoms with Crippen LogP contribution in [-0.4, -0.2) is 25.4 Å². The van der Waals surface area contributed by atoms with Crippen molar-refractivity contribution in [2.45, 2.75) is 12.8 Å². The van der Waals surface area contributed by atoms with Crippen LogP contribution in [0.25, 0.3) is 0 Å². The highest BCUT2D eigenvalue weighted by Gasteiger charge is 2.07. The number of halogens is 3. The molecule has 2 nitrogen and oxygen atoms in total.